The number of ether oxygens (including phenoxy) is 1. The molecule has 0 radical (unpaired) electrons. The van der Waals surface area contributed by atoms with Crippen LogP contribution in [0.15, 0.2) is 29.6 Å². The van der Waals surface area contributed by atoms with Gasteiger partial charge in [0.2, 0.25) is 5.91 Å². The van der Waals surface area contributed by atoms with Gasteiger partial charge in [0, 0.05) is 23.8 Å². The van der Waals surface area contributed by atoms with E-state index in [2.05, 4.69) is 5.32 Å². The Labute approximate surface area is 162 Å². The van der Waals surface area contributed by atoms with Crippen molar-refractivity contribution < 1.29 is 24.2 Å². The number of anilines is 1. The van der Waals surface area contributed by atoms with Gasteiger partial charge in [0.15, 0.2) is 0 Å². The largest absolute Gasteiger partial charge is 0.481 e. The molecule has 27 heavy (non-hydrogen) atoms. The van der Waals surface area contributed by atoms with E-state index in [1.807, 2.05) is 36.6 Å². The fourth-order valence-corrected chi connectivity index (χ4v) is 3.51. The van der Waals surface area contributed by atoms with Gasteiger partial charge in [-0.05, 0) is 32.8 Å². The summed E-state index contributed by atoms with van der Waals surface area (Å²) in [6.45, 7) is 5.49. The molecule has 2 N–H and O–H groups in total. The monoisotopic (exact) mass is 389 g/mol. The van der Waals surface area contributed by atoms with E-state index in [0.29, 0.717) is 16.1 Å². The number of hydrogen-bond donors (Lipinski definition) is 2. The molecule has 2 aromatic rings. The SMILES string of the molecule is Cc1cccc(-c2csc(NC(=O)CCCC(=O)O)c2C(=O)OC(C)C)c1. The van der Waals surface area contributed by atoms with Gasteiger partial charge in [0.1, 0.15) is 10.6 Å². The van der Waals surface area contributed by atoms with Crippen molar-refractivity contribution in [1.29, 1.82) is 0 Å². The number of carboxylic acid groups (broad SMARTS) is 1. The van der Waals surface area contributed by atoms with Gasteiger partial charge < -0.3 is 15.2 Å². The maximum atomic E-state index is 12.7. The lowest BCUT2D eigenvalue weighted by atomic mass is 10.0. The molecule has 1 aromatic carbocycles. The van der Waals surface area contributed by atoms with Gasteiger partial charge in [-0.15, -0.1) is 11.3 Å². The minimum absolute atomic E-state index is 0.0721. The number of carbonyl (C=O) groups is 3. The summed E-state index contributed by atoms with van der Waals surface area (Å²) in [5.74, 6) is -1.77. The summed E-state index contributed by atoms with van der Waals surface area (Å²) in [6, 6.07) is 7.74. The van der Waals surface area contributed by atoms with Crippen LogP contribution < -0.4 is 5.32 Å². The van der Waals surface area contributed by atoms with E-state index in [1.165, 1.54) is 11.3 Å². The van der Waals surface area contributed by atoms with Gasteiger partial charge in [0.05, 0.1) is 6.10 Å². The van der Waals surface area contributed by atoms with Crippen LogP contribution in [0.5, 0.6) is 0 Å². The highest BCUT2D eigenvalue weighted by Gasteiger charge is 2.23. The van der Waals surface area contributed by atoms with Gasteiger partial charge in [-0.2, -0.15) is 0 Å². The predicted molar refractivity (Wildman–Crippen MR) is 105 cm³/mol. The maximum absolute atomic E-state index is 12.7. The molecule has 1 aromatic heterocycles. The van der Waals surface area contributed by atoms with Crippen LogP contribution in [0.2, 0.25) is 0 Å². The number of benzene rings is 1. The zero-order valence-corrected chi connectivity index (χ0v) is 16.4. The van der Waals surface area contributed by atoms with E-state index in [-0.39, 0.29) is 31.3 Å². The number of nitrogens with one attached hydrogen (secondary N) is 1. The number of aryl methyl sites for hydroxylation is 1. The van der Waals surface area contributed by atoms with Crippen LogP contribution in [0.3, 0.4) is 0 Å². The molecule has 0 saturated heterocycles. The Morgan fingerprint density at radius 1 is 1.22 bits per heavy atom. The number of hydrogen-bond acceptors (Lipinski definition) is 5. The van der Waals surface area contributed by atoms with Crippen molar-refractivity contribution in [3.8, 4) is 11.1 Å². The van der Waals surface area contributed by atoms with Crippen molar-refractivity contribution in [1.82, 2.24) is 0 Å². The van der Waals surface area contributed by atoms with Crippen molar-refractivity contribution in [2.75, 3.05) is 5.32 Å². The van der Waals surface area contributed by atoms with Crippen LogP contribution in [0, 0.1) is 6.92 Å². The molecule has 7 heteroatoms. The highest BCUT2D eigenvalue weighted by Crippen LogP contribution is 2.36. The average Bonchev–Trinajstić information content (AvgIpc) is 2.97. The van der Waals surface area contributed by atoms with E-state index < -0.39 is 11.9 Å². The highest BCUT2D eigenvalue weighted by molar-refractivity contribution is 7.15. The maximum Gasteiger partial charge on any atom is 0.342 e. The molecule has 2 rings (SSSR count). The minimum atomic E-state index is -0.943. The third-order valence-corrected chi connectivity index (χ3v) is 4.61. The molecule has 0 aliphatic carbocycles. The lowest BCUT2D eigenvalue weighted by Crippen LogP contribution is -2.16. The third kappa shape index (κ3) is 5.92. The standard InChI is InChI=1S/C20H23NO5S/c1-12(2)26-20(25)18-15(14-7-4-6-13(3)10-14)11-27-19(18)21-16(22)8-5-9-17(23)24/h4,6-7,10-12H,5,8-9H2,1-3H3,(H,21,22)(H,23,24). The van der Waals surface area contributed by atoms with Crippen molar-refractivity contribution in [2.24, 2.45) is 0 Å². The predicted octanol–water partition coefficient (Wildman–Crippen LogP) is 4.48. The van der Waals surface area contributed by atoms with Crippen molar-refractivity contribution in [2.45, 2.75) is 46.1 Å². The Balaban J connectivity index is 2.30. The molecule has 0 aliphatic heterocycles. The Morgan fingerprint density at radius 3 is 2.59 bits per heavy atom. The third-order valence-electron chi connectivity index (χ3n) is 3.71. The van der Waals surface area contributed by atoms with Crippen LogP contribution >= 0.6 is 11.3 Å². The second kappa shape index (κ2) is 9.32. The van der Waals surface area contributed by atoms with Crippen LogP contribution in [0.1, 0.15) is 49.0 Å². The summed E-state index contributed by atoms with van der Waals surface area (Å²) in [7, 11) is 0. The topological polar surface area (TPSA) is 92.7 Å². The lowest BCUT2D eigenvalue weighted by Gasteiger charge is -2.12. The normalized spacial score (nSPS) is 10.7. The Kier molecular flexibility index (Phi) is 7.12. The van der Waals surface area contributed by atoms with Gasteiger partial charge in [0.25, 0.3) is 0 Å². The second-order valence-electron chi connectivity index (χ2n) is 6.47. The molecule has 144 valence electrons. The smallest absolute Gasteiger partial charge is 0.342 e. The van der Waals surface area contributed by atoms with E-state index in [9.17, 15) is 14.4 Å². The van der Waals surface area contributed by atoms with E-state index in [0.717, 1.165) is 11.1 Å². The van der Waals surface area contributed by atoms with Crippen LogP contribution in [-0.4, -0.2) is 29.1 Å². The van der Waals surface area contributed by atoms with Gasteiger partial charge in [-0.1, -0.05) is 29.8 Å². The molecule has 1 heterocycles. The molecular formula is C20H23NO5S. The average molecular weight is 389 g/mol. The van der Waals surface area contributed by atoms with Crippen molar-refractivity contribution >= 4 is 34.2 Å². The van der Waals surface area contributed by atoms with Crippen LogP contribution in [-0.2, 0) is 14.3 Å². The van der Waals surface area contributed by atoms with Crippen LogP contribution in [0.25, 0.3) is 11.1 Å². The summed E-state index contributed by atoms with van der Waals surface area (Å²) in [4.78, 5) is 35.4. The van der Waals surface area contributed by atoms with E-state index >= 15 is 0 Å². The molecule has 0 bridgehead atoms. The van der Waals surface area contributed by atoms with Gasteiger partial charge in [-0.3, -0.25) is 9.59 Å². The molecular weight excluding hydrogens is 366 g/mol. The number of carboxylic acids is 1. The Hall–Kier alpha value is -2.67. The molecule has 0 unspecified atom stereocenters. The number of aliphatic carboxylic acids is 1. The number of thiophene rings is 1. The number of amides is 1. The minimum Gasteiger partial charge on any atom is -0.481 e. The van der Waals surface area contributed by atoms with Gasteiger partial charge in [-0.25, -0.2) is 4.79 Å². The zero-order valence-electron chi connectivity index (χ0n) is 15.6. The van der Waals surface area contributed by atoms with Crippen molar-refractivity contribution in [3.63, 3.8) is 0 Å². The zero-order chi connectivity index (χ0) is 20.0. The first-order valence-electron chi connectivity index (χ1n) is 8.69. The summed E-state index contributed by atoms with van der Waals surface area (Å²) in [5.41, 5.74) is 2.95. The molecule has 0 saturated carbocycles. The first-order chi connectivity index (χ1) is 12.8. The fourth-order valence-electron chi connectivity index (χ4n) is 2.54. The lowest BCUT2D eigenvalue weighted by molar-refractivity contribution is -0.137. The second-order valence-corrected chi connectivity index (χ2v) is 7.35. The molecule has 0 aliphatic rings. The molecule has 6 nitrogen and oxygen atoms in total. The van der Waals surface area contributed by atoms with E-state index in [4.69, 9.17) is 9.84 Å². The fraction of sp³-hybridized carbons (Fsp3) is 0.350. The summed E-state index contributed by atoms with van der Waals surface area (Å²) in [5, 5.41) is 13.6. The van der Waals surface area contributed by atoms with Gasteiger partial charge >= 0.3 is 11.9 Å². The molecule has 0 atom stereocenters. The number of rotatable bonds is 8. The molecule has 0 spiro atoms. The molecule has 1 amide bonds. The first-order valence-corrected chi connectivity index (χ1v) is 9.57. The van der Waals surface area contributed by atoms with Crippen molar-refractivity contribution in [3.05, 3.63) is 40.8 Å². The Morgan fingerprint density at radius 2 is 1.96 bits per heavy atom. The summed E-state index contributed by atoms with van der Waals surface area (Å²) in [6.07, 6.45) is -0.0535. The summed E-state index contributed by atoms with van der Waals surface area (Å²) < 4.78 is 5.36. The molecule has 0 fully saturated rings. The quantitative estimate of drug-likeness (QED) is 0.649. The number of carbonyl (C=O) groups excluding carboxylic acids is 2. The first kappa shape index (κ1) is 20.6. The number of esters is 1. The highest BCUT2D eigenvalue weighted by atomic mass is 32.1. The van der Waals surface area contributed by atoms with Crippen LogP contribution in [0.4, 0.5) is 5.00 Å². The van der Waals surface area contributed by atoms with E-state index in [1.54, 1.807) is 13.8 Å². The summed E-state index contributed by atoms with van der Waals surface area (Å²) >= 11 is 1.25. The Bertz CT molecular complexity index is 841.